The van der Waals surface area contributed by atoms with Gasteiger partial charge in [-0.2, -0.15) is 0 Å². The molecule has 1 aromatic carbocycles. The summed E-state index contributed by atoms with van der Waals surface area (Å²) in [7, 11) is 0. The molecule has 1 amide bonds. The van der Waals surface area contributed by atoms with Gasteiger partial charge in [-0.25, -0.2) is 4.98 Å². The Hall–Kier alpha value is -2.14. The Morgan fingerprint density at radius 3 is 3.00 bits per heavy atom. The SMILES string of the molecule is O=C(NC[C@H]1CCCO1)c1cncn1-c1ccccc1. The van der Waals surface area contributed by atoms with Crippen LogP contribution in [0.3, 0.4) is 0 Å². The molecule has 20 heavy (non-hydrogen) atoms. The van der Waals surface area contributed by atoms with E-state index in [1.165, 1.54) is 0 Å². The highest BCUT2D eigenvalue weighted by Crippen LogP contribution is 2.12. The first-order valence-corrected chi connectivity index (χ1v) is 6.82. The fraction of sp³-hybridized carbons (Fsp3) is 0.333. The van der Waals surface area contributed by atoms with Crippen molar-refractivity contribution < 1.29 is 9.53 Å². The number of benzene rings is 1. The van der Waals surface area contributed by atoms with Crippen molar-refractivity contribution in [2.45, 2.75) is 18.9 Å². The first-order valence-electron chi connectivity index (χ1n) is 6.82. The number of nitrogens with zero attached hydrogens (tertiary/aromatic N) is 2. The van der Waals surface area contributed by atoms with Gasteiger partial charge in [-0.3, -0.25) is 9.36 Å². The molecule has 1 aliphatic heterocycles. The average molecular weight is 271 g/mol. The fourth-order valence-corrected chi connectivity index (χ4v) is 2.36. The van der Waals surface area contributed by atoms with Crippen LogP contribution in [-0.4, -0.2) is 34.7 Å². The molecule has 0 radical (unpaired) electrons. The van der Waals surface area contributed by atoms with E-state index in [1.807, 2.05) is 30.3 Å². The third-order valence-electron chi connectivity index (χ3n) is 3.42. The van der Waals surface area contributed by atoms with E-state index in [-0.39, 0.29) is 12.0 Å². The van der Waals surface area contributed by atoms with Crippen molar-refractivity contribution in [1.82, 2.24) is 14.9 Å². The van der Waals surface area contributed by atoms with E-state index in [2.05, 4.69) is 10.3 Å². The van der Waals surface area contributed by atoms with Gasteiger partial charge in [0.2, 0.25) is 0 Å². The molecule has 5 nitrogen and oxygen atoms in total. The Labute approximate surface area is 117 Å². The maximum Gasteiger partial charge on any atom is 0.270 e. The van der Waals surface area contributed by atoms with Gasteiger partial charge >= 0.3 is 0 Å². The van der Waals surface area contributed by atoms with Crippen molar-refractivity contribution in [2.24, 2.45) is 0 Å². The van der Waals surface area contributed by atoms with E-state index >= 15 is 0 Å². The molecule has 1 fully saturated rings. The van der Waals surface area contributed by atoms with Gasteiger partial charge in [0.1, 0.15) is 5.69 Å². The van der Waals surface area contributed by atoms with Crippen LogP contribution in [-0.2, 0) is 4.74 Å². The third kappa shape index (κ3) is 2.72. The van der Waals surface area contributed by atoms with E-state index < -0.39 is 0 Å². The van der Waals surface area contributed by atoms with Crippen molar-refractivity contribution >= 4 is 5.91 Å². The maximum atomic E-state index is 12.2. The second-order valence-electron chi connectivity index (χ2n) is 4.83. The quantitative estimate of drug-likeness (QED) is 0.922. The molecule has 1 saturated heterocycles. The lowest BCUT2D eigenvalue weighted by molar-refractivity contribution is 0.0852. The zero-order chi connectivity index (χ0) is 13.8. The summed E-state index contributed by atoms with van der Waals surface area (Å²) in [5.74, 6) is -0.123. The summed E-state index contributed by atoms with van der Waals surface area (Å²) in [6, 6.07) is 9.70. The van der Waals surface area contributed by atoms with Gasteiger partial charge in [0.05, 0.1) is 18.6 Å². The molecule has 0 bridgehead atoms. The van der Waals surface area contributed by atoms with Crippen molar-refractivity contribution in [3.63, 3.8) is 0 Å². The number of para-hydroxylation sites is 1. The molecule has 5 heteroatoms. The van der Waals surface area contributed by atoms with E-state index in [0.717, 1.165) is 25.1 Å². The second kappa shape index (κ2) is 5.88. The summed E-state index contributed by atoms with van der Waals surface area (Å²) < 4.78 is 7.28. The number of carbonyl (C=O) groups excluding carboxylic acids is 1. The fourth-order valence-electron chi connectivity index (χ4n) is 2.36. The molecule has 0 saturated carbocycles. The molecular formula is C15H17N3O2. The van der Waals surface area contributed by atoms with Gasteiger partial charge in [-0.15, -0.1) is 0 Å². The van der Waals surface area contributed by atoms with E-state index in [1.54, 1.807) is 17.1 Å². The first kappa shape index (κ1) is 12.9. The number of hydrogen-bond acceptors (Lipinski definition) is 3. The number of amides is 1. The van der Waals surface area contributed by atoms with E-state index in [0.29, 0.717) is 12.2 Å². The highest BCUT2D eigenvalue weighted by Gasteiger charge is 2.18. The van der Waals surface area contributed by atoms with Crippen molar-refractivity contribution in [3.8, 4) is 5.69 Å². The molecule has 0 aliphatic carbocycles. The van der Waals surface area contributed by atoms with Crippen LogP contribution >= 0.6 is 0 Å². The molecule has 1 N–H and O–H groups in total. The zero-order valence-electron chi connectivity index (χ0n) is 11.2. The van der Waals surface area contributed by atoms with Crippen LogP contribution < -0.4 is 5.32 Å². The molecule has 3 rings (SSSR count). The standard InChI is InChI=1S/C15H17N3O2/c19-15(17-9-13-7-4-8-20-13)14-10-16-11-18(14)12-5-2-1-3-6-12/h1-3,5-6,10-11,13H,4,7-9H2,(H,17,19)/t13-/m1/s1. The lowest BCUT2D eigenvalue weighted by Gasteiger charge is -2.12. The number of aromatic nitrogens is 2. The van der Waals surface area contributed by atoms with Crippen LogP contribution in [0, 0.1) is 0 Å². The summed E-state index contributed by atoms with van der Waals surface area (Å²) in [5.41, 5.74) is 1.46. The molecule has 1 aliphatic rings. The number of rotatable bonds is 4. The van der Waals surface area contributed by atoms with Crippen LogP contribution in [0.4, 0.5) is 0 Å². The van der Waals surface area contributed by atoms with Gasteiger partial charge in [0.15, 0.2) is 0 Å². The van der Waals surface area contributed by atoms with E-state index in [9.17, 15) is 4.79 Å². The first-order chi connectivity index (χ1) is 9.84. The lowest BCUT2D eigenvalue weighted by atomic mass is 10.2. The maximum absolute atomic E-state index is 12.2. The van der Waals surface area contributed by atoms with E-state index in [4.69, 9.17) is 4.74 Å². The largest absolute Gasteiger partial charge is 0.376 e. The zero-order valence-corrected chi connectivity index (χ0v) is 11.2. The average Bonchev–Trinajstić information content (AvgIpc) is 3.17. The van der Waals surface area contributed by atoms with Gasteiger partial charge < -0.3 is 10.1 Å². The minimum atomic E-state index is -0.123. The minimum absolute atomic E-state index is 0.123. The number of hydrogen-bond donors (Lipinski definition) is 1. The molecule has 0 unspecified atom stereocenters. The van der Waals surface area contributed by atoms with Crippen molar-refractivity contribution in [2.75, 3.05) is 13.2 Å². The summed E-state index contributed by atoms with van der Waals surface area (Å²) in [6.07, 6.45) is 5.46. The van der Waals surface area contributed by atoms with Gasteiger partial charge in [-0.1, -0.05) is 18.2 Å². The van der Waals surface area contributed by atoms with Crippen molar-refractivity contribution in [1.29, 1.82) is 0 Å². The predicted molar refractivity (Wildman–Crippen MR) is 74.9 cm³/mol. The Morgan fingerprint density at radius 1 is 1.40 bits per heavy atom. The molecule has 1 atom stereocenters. The summed E-state index contributed by atoms with van der Waals surface area (Å²) in [6.45, 7) is 1.35. The third-order valence-corrected chi connectivity index (χ3v) is 3.42. The molecule has 2 heterocycles. The molecule has 0 spiro atoms. The topological polar surface area (TPSA) is 56.1 Å². The van der Waals surface area contributed by atoms with Crippen LogP contribution in [0.5, 0.6) is 0 Å². The monoisotopic (exact) mass is 271 g/mol. The van der Waals surface area contributed by atoms with Gasteiger partial charge in [0.25, 0.3) is 5.91 Å². The predicted octanol–water partition coefficient (Wildman–Crippen LogP) is 1.78. The molecule has 2 aromatic rings. The Kier molecular flexibility index (Phi) is 3.78. The highest BCUT2D eigenvalue weighted by molar-refractivity contribution is 5.93. The second-order valence-corrected chi connectivity index (χ2v) is 4.83. The van der Waals surface area contributed by atoms with Crippen LogP contribution in [0.25, 0.3) is 5.69 Å². The molecule has 1 aromatic heterocycles. The summed E-state index contributed by atoms with van der Waals surface area (Å²) in [4.78, 5) is 16.3. The van der Waals surface area contributed by atoms with Crippen molar-refractivity contribution in [3.05, 3.63) is 48.5 Å². The minimum Gasteiger partial charge on any atom is -0.376 e. The Balaban J connectivity index is 1.70. The summed E-state index contributed by atoms with van der Waals surface area (Å²) >= 11 is 0. The molecular weight excluding hydrogens is 254 g/mol. The Morgan fingerprint density at radius 2 is 2.25 bits per heavy atom. The number of nitrogens with one attached hydrogen (secondary N) is 1. The lowest BCUT2D eigenvalue weighted by Crippen LogP contribution is -2.32. The van der Waals surface area contributed by atoms with Gasteiger partial charge in [-0.05, 0) is 25.0 Å². The van der Waals surface area contributed by atoms with Crippen LogP contribution in [0.15, 0.2) is 42.9 Å². The summed E-state index contributed by atoms with van der Waals surface area (Å²) in [5, 5.41) is 2.91. The number of carbonyl (C=O) groups is 1. The smallest absolute Gasteiger partial charge is 0.270 e. The number of ether oxygens (including phenoxy) is 1. The highest BCUT2D eigenvalue weighted by atomic mass is 16.5. The van der Waals surface area contributed by atoms with Crippen LogP contribution in [0.1, 0.15) is 23.3 Å². The Bertz CT molecular complexity index is 574. The number of imidazole rings is 1. The normalized spacial score (nSPS) is 18.1. The van der Waals surface area contributed by atoms with Gasteiger partial charge in [0, 0.05) is 18.8 Å². The van der Waals surface area contributed by atoms with Crippen LogP contribution in [0.2, 0.25) is 0 Å². The molecule has 104 valence electrons.